The van der Waals surface area contributed by atoms with Gasteiger partial charge in [0.1, 0.15) is 0 Å². The second kappa shape index (κ2) is 5.84. The van der Waals surface area contributed by atoms with E-state index in [1.54, 1.807) is 25.2 Å². The van der Waals surface area contributed by atoms with Gasteiger partial charge < -0.3 is 10.3 Å². The van der Waals surface area contributed by atoms with Crippen LogP contribution in [-0.4, -0.2) is 29.3 Å². The predicted molar refractivity (Wildman–Crippen MR) is 82.7 cm³/mol. The Hall–Kier alpha value is -1.28. The van der Waals surface area contributed by atoms with Gasteiger partial charge >= 0.3 is 0 Å². The number of aromatic nitrogens is 2. The molecule has 0 aliphatic carbocycles. The van der Waals surface area contributed by atoms with E-state index in [9.17, 15) is 8.42 Å². The van der Waals surface area contributed by atoms with E-state index in [1.807, 2.05) is 0 Å². The first-order valence-corrected chi connectivity index (χ1v) is 8.10. The lowest BCUT2D eigenvalue weighted by Crippen LogP contribution is -2.28. The van der Waals surface area contributed by atoms with Gasteiger partial charge in [-0.3, -0.25) is 0 Å². The molecule has 0 saturated carbocycles. The molecule has 114 valence electrons. The number of halogens is 2. The first-order chi connectivity index (χ1) is 9.73. The fourth-order valence-corrected chi connectivity index (χ4v) is 3.54. The summed E-state index contributed by atoms with van der Waals surface area (Å²) in [5.41, 5.74) is 6.35. The molecule has 0 atom stereocenters. The van der Waals surface area contributed by atoms with Crippen molar-refractivity contribution in [2.45, 2.75) is 11.6 Å². The van der Waals surface area contributed by atoms with Gasteiger partial charge in [0.05, 0.1) is 16.4 Å². The molecule has 0 fully saturated rings. The van der Waals surface area contributed by atoms with Crippen LogP contribution in [-0.2, 0) is 23.6 Å². The molecule has 0 unspecified atom stereocenters. The molecule has 1 aromatic carbocycles. The van der Waals surface area contributed by atoms with Gasteiger partial charge in [-0.05, 0) is 17.7 Å². The molecule has 0 aliphatic heterocycles. The molecule has 0 amide bonds. The standard InChI is InChI=1S/C12H14Cl2N4O2S/c1-17-7-16-11(15)12(17)21(19,20)18(2)6-8-3-4-9(13)10(14)5-8/h3-5,7H,6,15H2,1-2H3. The number of nitrogen functional groups attached to an aromatic ring is 1. The summed E-state index contributed by atoms with van der Waals surface area (Å²) in [5.74, 6) is -0.0292. The van der Waals surface area contributed by atoms with Gasteiger partial charge in [-0.1, -0.05) is 29.3 Å². The Morgan fingerprint density at radius 2 is 2.00 bits per heavy atom. The lowest BCUT2D eigenvalue weighted by Gasteiger charge is -2.18. The van der Waals surface area contributed by atoms with Gasteiger partial charge in [-0.25, -0.2) is 13.4 Å². The largest absolute Gasteiger partial charge is 0.381 e. The maximum atomic E-state index is 12.5. The summed E-state index contributed by atoms with van der Waals surface area (Å²) in [6, 6.07) is 4.97. The molecule has 2 aromatic rings. The fourth-order valence-electron chi connectivity index (χ4n) is 1.88. The highest BCUT2D eigenvalue weighted by molar-refractivity contribution is 7.89. The van der Waals surface area contributed by atoms with Crippen molar-refractivity contribution in [2.75, 3.05) is 12.8 Å². The maximum absolute atomic E-state index is 12.5. The van der Waals surface area contributed by atoms with Gasteiger partial charge in [0.15, 0.2) is 10.8 Å². The Morgan fingerprint density at radius 1 is 1.33 bits per heavy atom. The molecule has 0 radical (unpaired) electrons. The SMILES string of the molecule is CN(Cc1ccc(Cl)c(Cl)c1)S(=O)(=O)c1c(N)ncn1C. The third kappa shape index (κ3) is 3.16. The van der Waals surface area contributed by atoms with Crippen molar-refractivity contribution in [1.82, 2.24) is 13.9 Å². The van der Waals surface area contributed by atoms with Crippen LogP contribution in [0.15, 0.2) is 29.6 Å². The van der Waals surface area contributed by atoms with Crippen molar-refractivity contribution >= 4 is 39.0 Å². The third-order valence-electron chi connectivity index (χ3n) is 2.95. The number of nitrogens with two attached hydrogens (primary N) is 1. The van der Waals surface area contributed by atoms with Crippen LogP contribution in [0.1, 0.15) is 5.56 Å². The molecule has 1 aromatic heterocycles. The Kier molecular flexibility index (Phi) is 4.48. The summed E-state index contributed by atoms with van der Waals surface area (Å²) in [7, 11) is -0.710. The number of imidazole rings is 1. The average molecular weight is 349 g/mol. The highest BCUT2D eigenvalue weighted by atomic mass is 35.5. The van der Waals surface area contributed by atoms with E-state index in [-0.39, 0.29) is 17.4 Å². The normalized spacial score (nSPS) is 12.0. The smallest absolute Gasteiger partial charge is 0.262 e. The lowest BCUT2D eigenvalue weighted by molar-refractivity contribution is 0.461. The number of anilines is 1. The van der Waals surface area contributed by atoms with Gasteiger partial charge in [0.25, 0.3) is 10.0 Å². The highest BCUT2D eigenvalue weighted by Gasteiger charge is 2.27. The molecule has 0 aliphatic rings. The second-order valence-corrected chi connectivity index (χ2v) is 7.33. The van der Waals surface area contributed by atoms with E-state index in [1.165, 1.54) is 22.2 Å². The van der Waals surface area contributed by atoms with Crippen LogP contribution in [0.4, 0.5) is 5.82 Å². The Morgan fingerprint density at radius 3 is 2.52 bits per heavy atom. The van der Waals surface area contributed by atoms with Crippen LogP contribution in [0, 0.1) is 0 Å². The number of nitrogens with zero attached hydrogens (tertiary/aromatic N) is 3. The Balaban J connectivity index is 2.31. The Bertz CT molecular complexity index is 754. The first kappa shape index (κ1) is 16.1. The molecule has 9 heteroatoms. The van der Waals surface area contributed by atoms with Crippen molar-refractivity contribution in [3.05, 3.63) is 40.1 Å². The average Bonchev–Trinajstić information content (AvgIpc) is 2.74. The summed E-state index contributed by atoms with van der Waals surface area (Å²) < 4.78 is 27.6. The molecule has 0 saturated heterocycles. The molecule has 21 heavy (non-hydrogen) atoms. The lowest BCUT2D eigenvalue weighted by atomic mass is 10.2. The van der Waals surface area contributed by atoms with Crippen LogP contribution < -0.4 is 5.73 Å². The summed E-state index contributed by atoms with van der Waals surface area (Å²) in [6.45, 7) is 0.143. The number of aryl methyl sites for hydroxylation is 1. The Labute approximate surface area is 133 Å². The highest BCUT2D eigenvalue weighted by Crippen LogP contribution is 2.25. The van der Waals surface area contributed by atoms with Crippen LogP contribution >= 0.6 is 23.2 Å². The summed E-state index contributed by atoms with van der Waals surface area (Å²) >= 11 is 11.8. The summed E-state index contributed by atoms with van der Waals surface area (Å²) in [6.07, 6.45) is 1.36. The summed E-state index contributed by atoms with van der Waals surface area (Å²) in [5, 5.41) is 0.756. The molecule has 2 rings (SSSR count). The van der Waals surface area contributed by atoms with Crippen molar-refractivity contribution < 1.29 is 8.42 Å². The van der Waals surface area contributed by atoms with Crippen molar-refractivity contribution in [2.24, 2.45) is 7.05 Å². The third-order valence-corrected chi connectivity index (χ3v) is 5.63. The van der Waals surface area contributed by atoms with Crippen LogP contribution in [0.5, 0.6) is 0 Å². The van der Waals surface area contributed by atoms with Gasteiger partial charge in [0, 0.05) is 20.6 Å². The topological polar surface area (TPSA) is 81.2 Å². The minimum Gasteiger partial charge on any atom is -0.381 e. The van der Waals surface area contributed by atoms with Gasteiger partial charge in [-0.2, -0.15) is 4.31 Å². The van der Waals surface area contributed by atoms with E-state index in [4.69, 9.17) is 28.9 Å². The molecule has 1 heterocycles. The number of sulfonamides is 1. The molecule has 0 bridgehead atoms. The minimum atomic E-state index is -3.75. The van der Waals surface area contributed by atoms with Crippen LogP contribution in [0.2, 0.25) is 10.0 Å². The van der Waals surface area contributed by atoms with Crippen molar-refractivity contribution in [1.29, 1.82) is 0 Å². The summed E-state index contributed by atoms with van der Waals surface area (Å²) in [4.78, 5) is 3.79. The van der Waals surface area contributed by atoms with Gasteiger partial charge in [0.2, 0.25) is 0 Å². The second-order valence-electron chi connectivity index (χ2n) is 4.56. The van der Waals surface area contributed by atoms with E-state index >= 15 is 0 Å². The predicted octanol–water partition coefficient (Wildman–Crippen LogP) is 2.13. The zero-order chi connectivity index (χ0) is 15.8. The fraction of sp³-hybridized carbons (Fsp3) is 0.250. The van der Waals surface area contributed by atoms with E-state index in [2.05, 4.69) is 4.98 Å². The maximum Gasteiger partial charge on any atom is 0.262 e. The number of hydrogen-bond donors (Lipinski definition) is 1. The van der Waals surface area contributed by atoms with E-state index in [0.29, 0.717) is 10.0 Å². The zero-order valence-electron chi connectivity index (χ0n) is 11.4. The number of hydrogen-bond acceptors (Lipinski definition) is 4. The van der Waals surface area contributed by atoms with Crippen LogP contribution in [0.25, 0.3) is 0 Å². The number of benzene rings is 1. The molecule has 6 nitrogen and oxygen atoms in total. The minimum absolute atomic E-state index is 0.0292. The van der Waals surface area contributed by atoms with E-state index in [0.717, 1.165) is 5.56 Å². The quantitative estimate of drug-likeness (QED) is 0.917. The van der Waals surface area contributed by atoms with Crippen molar-refractivity contribution in [3.8, 4) is 0 Å². The molecule has 0 spiro atoms. The van der Waals surface area contributed by atoms with E-state index < -0.39 is 10.0 Å². The van der Waals surface area contributed by atoms with Gasteiger partial charge in [-0.15, -0.1) is 0 Å². The van der Waals surface area contributed by atoms with Crippen molar-refractivity contribution in [3.63, 3.8) is 0 Å². The monoisotopic (exact) mass is 348 g/mol. The number of rotatable bonds is 4. The zero-order valence-corrected chi connectivity index (χ0v) is 13.7. The van der Waals surface area contributed by atoms with Crippen LogP contribution in [0.3, 0.4) is 0 Å². The first-order valence-electron chi connectivity index (χ1n) is 5.90. The molecular weight excluding hydrogens is 335 g/mol. The molecular formula is C12H14Cl2N4O2S. The molecule has 2 N–H and O–H groups in total.